The normalized spacial score (nSPS) is 12.4. The quantitative estimate of drug-likeness (QED) is 0.686. The maximum absolute atomic E-state index is 10.9. The van der Waals surface area contributed by atoms with Crippen LogP contribution in [0, 0.1) is 0 Å². The molecule has 1 atom stereocenters. The van der Waals surface area contributed by atoms with E-state index in [0.29, 0.717) is 5.82 Å². The lowest BCUT2D eigenvalue weighted by molar-refractivity contribution is 0.414. The van der Waals surface area contributed by atoms with Crippen molar-refractivity contribution in [1.29, 1.82) is 0 Å². The van der Waals surface area contributed by atoms with Gasteiger partial charge in [0.1, 0.15) is 5.75 Å². The zero-order valence-electron chi connectivity index (χ0n) is 8.73. The number of benzene rings is 1. The minimum Gasteiger partial charge on any atom is -0.497 e. The molecule has 6 nitrogen and oxygen atoms in total. The molecule has 0 spiro atoms. The zero-order valence-corrected chi connectivity index (χ0v) is 8.73. The molecular formula is C10H12N4O2. The van der Waals surface area contributed by atoms with Crippen LogP contribution in [0.4, 0.5) is 0 Å². The second-order valence-electron chi connectivity index (χ2n) is 3.31. The van der Waals surface area contributed by atoms with E-state index in [1.54, 1.807) is 19.2 Å². The number of hydrogen-bond donors (Lipinski definition) is 3. The molecule has 1 aromatic heterocycles. The van der Waals surface area contributed by atoms with Crippen molar-refractivity contribution in [1.82, 2.24) is 15.2 Å². The molecule has 2 aromatic rings. The highest BCUT2D eigenvalue weighted by Crippen LogP contribution is 2.18. The maximum atomic E-state index is 10.9. The van der Waals surface area contributed by atoms with Crippen molar-refractivity contribution in [2.75, 3.05) is 7.11 Å². The molecule has 84 valence electrons. The van der Waals surface area contributed by atoms with Gasteiger partial charge in [-0.3, -0.25) is 4.98 Å². The van der Waals surface area contributed by atoms with Crippen LogP contribution in [0.15, 0.2) is 29.1 Å². The lowest BCUT2D eigenvalue weighted by Gasteiger charge is -2.08. The number of nitrogens with two attached hydrogens (primary N) is 1. The highest BCUT2D eigenvalue weighted by Gasteiger charge is 2.12. The summed E-state index contributed by atoms with van der Waals surface area (Å²) in [6, 6.07) is 6.82. The third-order valence-corrected chi connectivity index (χ3v) is 2.29. The van der Waals surface area contributed by atoms with Crippen molar-refractivity contribution in [3.05, 3.63) is 46.1 Å². The van der Waals surface area contributed by atoms with Crippen LogP contribution >= 0.6 is 0 Å². The minimum absolute atomic E-state index is 0.362. The lowest BCUT2D eigenvalue weighted by atomic mass is 10.1. The number of nitrogens with zero attached hydrogens (tertiary/aromatic N) is 1. The largest absolute Gasteiger partial charge is 0.497 e. The number of ether oxygens (including phenoxy) is 1. The topological polar surface area (TPSA) is 96.8 Å². The lowest BCUT2D eigenvalue weighted by Crippen LogP contribution is -2.14. The molecule has 0 aliphatic rings. The molecule has 0 fully saturated rings. The fraction of sp³-hybridized carbons (Fsp3) is 0.200. The van der Waals surface area contributed by atoms with Crippen LogP contribution in [0.5, 0.6) is 5.75 Å². The first kappa shape index (κ1) is 10.4. The van der Waals surface area contributed by atoms with E-state index in [9.17, 15) is 4.79 Å². The number of aromatic nitrogens is 3. The molecule has 0 radical (unpaired) electrons. The fourth-order valence-corrected chi connectivity index (χ4v) is 1.40. The van der Waals surface area contributed by atoms with Crippen molar-refractivity contribution in [3.63, 3.8) is 0 Å². The molecule has 16 heavy (non-hydrogen) atoms. The van der Waals surface area contributed by atoms with Gasteiger partial charge in [0, 0.05) is 0 Å². The van der Waals surface area contributed by atoms with Gasteiger partial charge in [0.25, 0.3) is 0 Å². The first-order valence-electron chi connectivity index (χ1n) is 4.75. The Balaban J connectivity index is 2.26. The number of H-pyrrole nitrogens is 2. The zero-order chi connectivity index (χ0) is 11.5. The molecule has 1 heterocycles. The van der Waals surface area contributed by atoms with Crippen molar-refractivity contribution in [2.45, 2.75) is 6.04 Å². The van der Waals surface area contributed by atoms with Gasteiger partial charge in [0.15, 0.2) is 5.82 Å². The van der Waals surface area contributed by atoms with Gasteiger partial charge >= 0.3 is 5.69 Å². The maximum Gasteiger partial charge on any atom is 0.340 e. The molecule has 0 bridgehead atoms. The monoisotopic (exact) mass is 220 g/mol. The van der Waals surface area contributed by atoms with Crippen LogP contribution in [-0.2, 0) is 0 Å². The molecule has 0 aliphatic carbocycles. The molecule has 0 amide bonds. The van der Waals surface area contributed by atoms with Crippen molar-refractivity contribution in [3.8, 4) is 5.75 Å². The summed E-state index contributed by atoms with van der Waals surface area (Å²) in [7, 11) is 1.60. The van der Waals surface area contributed by atoms with Gasteiger partial charge in [-0.15, -0.1) is 0 Å². The SMILES string of the molecule is COc1ccc(C(N)c2n[nH]c(=O)[nH]2)cc1. The van der Waals surface area contributed by atoms with Crippen molar-refractivity contribution in [2.24, 2.45) is 5.73 Å². The molecule has 0 saturated carbocycles. The number of methoxy groups -OCH3 is 1. The van der Waals surface area contributed by atoms with Gasteiger partial charge in [-0.2, -0.15) is 5.10 Å². The van der Waals surface area contributed by atoms with Crippen molar-refractivity contribution < 1.29 is 4.74 Å². The molecule has 1 unspecified atom stereocenters. The van der Waals surface area contributed by atoms with Gasteiger partial charge in [-0.25, -0.2) is 9.89 Å². The predicted molar refractivity (Wildman–Crippen MR) is 58.2 cm³/mol. The molecular weight excluding hydrogens is 208 g/mol. The van der Waals surface area contributed by atoms with Gasteiger partial charge in [-0.1, -0.05) is 12.1 Å². The van der Waals surface area contributed by atoms with Gasteiger partial charge < -0.3 is 10.5 Å². The Morgan fingerprint density at radius 3 is 2.56 bits per heavy atom. The van der Waals surface area contributed by atoms with Gasteiger partial charge in [0.2, 0.25) is 0 Å². The molecule has 0 saturated heterocycles. The summed E-state index contributed by atoms with van der Waals surface area (Å²) in [6.07, 6.45) is 0. The van der Waals surface area contributed by atoms with E-state index in [-0.39, 0.29) is 5.69 Å². The van der Waals surface area contributed by atoms with E-state index < -0.39 is 6.04 Å². The van der Waals surface area contributed by atoms with Gasteiger partial charge in [0.05, 0.1) is 13.2 Å². The average Bonchev–Trinajstić information content (AvgIpc) is 2.75. The van der Waals surface area contributed by atoms with E-state index in [2.05, 4.69) is 15.2 Å². The summed E-state index contributed by atoms with van der Waals surface area (Å²) >= 11 is 0. The molecule has 1 aromatic carbocycles. The fourth-order valence-electron chi connectivity index (χ4n) is 1.40. The number of aromatic amines is 2. The minimum atomic E-state index is -0.454. The summed E-state index contributed by atoms with van der Waals surface area (Å²) in [5, 5.41) is 6.06. The van der Waals surface area contributed by atoms with E-state index in [0.717, 1.165) is 11.3 Å². The van der Waals surface area contributed by atoms with E-state index in [1.165, 1.54) is 0 Å². The van der Waals surface area contributed by atoms with Crippen LogP contribution in [0.3, 0.4) is 0 Å². The van der Waals surface area contributed by atoms with E-state index in [4.69, 9.17) is 10.5 Å². The number of hydrogen-bond acceptors (Lipinski definition) is 4. The number of nitrogens with one attached hydrogen (secondary N) is 2. The third-order valence-electron chi connectivity index (χ3n) is 2.29. The highest BCUT2D eigenvalue weighted by atomic mass is 16.5. The van der Waals surface area contributed by atoms with Crippen LogP contribution in [0.25, 0.3) is 0 Å². The Kier molecular flexibility index (Phi) is 2.74. The summed E-state index contributed by atoms with van der Waals surface area (Å²) in [5.74, 6) is 1.17. The second kappa shape index (κ2) is 4.19. The smallest absolute Gasteiger partial charge is 0.340 e. The summed E-state index contributed by atoms with van der Waals surface area (Å²) in [5.41, 5.74) is 6.42. The van der Waals surface area contributed by atoms with Crippen LogP contribution in [0.2, 0.25) is 0 Å². The molecule has 2 rings (SSSR count). The van der Waals surface area contributed by atoms with E-state index >= 15 is 0 Å². The predicted octanol–water partition coefficient (Wildman–Crippen LogP) is 0.155. The second-order valence-corrected chi connectivity index (χ2v) is 3.31. The first-order valence-corrected chi connectivity index (χ1v) is 4.75. The first-order chi connectivity index (χ1) is 7.70. The Morgan fingerprint density at radius 2 is 2.06 bits per heavy atom. The van der Waals surface area contributed by atoms with Gasteiger partial charge in [-0.05, 0) is 17.7 Å². The Bertz CT molecular complexity index is 514. The van der Waals surface area contributed by atoms with Crippen LogP contribution in [0.1, 0.15) is 17.4 Å². The Labute approximate surface area is 91.5 Å². The summed E-state index contributed by atoms with van der Waals surface area (Å²) in [6.45, 7) is 0. The third kappa shape index (κ3) is 1.96. The van der Waals surface area contributed by atoms with Crippen molar-refractivity contribution >= 4 is 0 Å². The Hall–Kier alpha value is -2.08. The Morgan fingerprint density at radius 1 is 1.38 bits per heavy atom. The van der Waals surface area contributed by atoms with Crippen LogP contribution < -0.4 is 16.2 Å². The number of rotatable bonds is 3. The standard InChI is InChI=1S/C10H12N4O2/c1-16-7-4-2-6(3-5-7)8(11)9-12-10(15)14-13-9/h2-5,8H,11H2,1H3,(H2,12,13,14,15). The molecule has 0 aliphatic heterocycles. The summed E-state index contributed by atoms with van der Waals surface area (Å²) < 4.78 is 5.04. The summed E-state index contributed by atoms with van der Waals surface area (Å²) in [4.78, 5) is 13.4. The van der Waals surface area contributed by atoms with Crippen LogP contribution in [-0.4, -0.2) is 22.3 Å². The molecule has 6 heteroatoms. The highest BCUT2D eigenvalue weighted by molar-refractivity contribution is 5.31. The average molecular weight is 220 g/mol. The van der Waals surface area contributed by atoms with E-state index in [1.807, 2.05) is 12.1 Å². The molecule has 4 N–H and O–H groups in total.